The number of halogens is 1. The molecular weight excluding hydrogens is 316 g/mol. The number of amides is 1. The van der Waals surface area contributed by atoms with Crippen molar-refractivity contribution >= 4 is 23.3 Å². The van der Waals surface area contributed by atoms with Gasteiger partial charge < -0.3 is 15.4 Å². The third kappa shape index (κ3) is 4.56. The van der Waals surface area contributed by atoms with E-state index in [0.717, 1.165) is 17.7 Å². The molecule has 0 aliphatic carbocycles. The molecule has 0 spiro atoms. The van der Waals surface area contributed by atoms with Crippen LogP contribution < -0.4 is 15.4 Å². The molecular formula is C16H19ClN4O2. The average Bonchev–Trinajstić information content (AvgIpc) is 2.58. The number of anilines is 1. The number of hydrogen-bond acceptors (Lipinski definition) is 5. The minimum atomic E-state index is -0.283. The first-order chi connectivity index (χ1) is 11.2. The second kappa shape index (κ2) is 8.33. The van der Waals surface area contributed by atoms with Crippen LogP contribution in [0.3, 0.4) is 0 Å². The van der Waals surface area contributed by atoms with Crippen molar-refractivity contribution in [2.75, 3.05) is 19.0 Å². The summed E-state index contributed by atoms with van der Waals surface area (Å²) in [4.78, 5) is 20.2. The standard InChI is InChI=1S/C16H19ClN4O2/c1-3-8-18-16(22)13-14(17)20-10-21-15(13)19-9-11-4-6-12(23-2)7-5-11/h4-7,10H,3,8-9H2,1-2H3,(H,18,22)(H,19,20,21). The third-order valence-corrected chi connectivity index (χ3v) is 3.47. The van der Waals surface area contributed by atoms with Gasteiger partial charge in [-0.15, -0.1) is 0 Å². The molecule has 1 heterocycles. The molecule has 0 saturated carbocycles. The van der Waals surface area contributed by atoms with Crippen LogP contribution >= 0.6 is 11.6 Å². The van der Waals surface area contributed by atoms with Crippen LogP contribution in [0.15, 0.2) is 30.6 Å². The molecule has 0 saturated heterocycles. The molecule has 0 fully saturated rings. The Morgan fingerprint density at radius 2 is 2.00 bits per heavy atom. The van der Waals surface area contributed by atoms with Crippen LogP contribution in [-0.4, -0.2) is 29.5 Å². The van der Waals surface area contributed by atoms with E-state index in [1.807, 2.05) is 31.2 Å². The quantitative estimate of drug-likeness (QED) is 0.761. The summed E-state index contributed by atoms with van der Waals surface area (Å²) in [5, 5.41) is 6.04. The highest BCUT2D eigenvalue weighted by Gasteiger charge is 2.17. The van der Waals surface area contributed by atoms with E-state index < -0.39 is 0 Å². The van der Waals surface area contributed by atoms with E-state index in [0.29, 0.717) is 18.9 Å². The summed E-state index contributed by atoms with van der Waals surface area (Å²) in [6.07, 6.45) is 2.17. The van der Waals surface area contributed by atoms with Crippen molar-refractivity contribution in [1.29, 1.82) is 0 Å². The van der Waals surface area contributed by atoms with E-state index in [1.54, 1.807) is 7.11 Å². The van der Waals surface area contributed by atoms with Gasteiger partial charge in [0.15, 0.2) is 0 Å². The van der Waals surface area contributed by atoms with Gasteiger partial charge in [0.1, 0.15) is 28.6 Å². The Hall–Kier alpha value is -2.34. The van der Waals surface area contributed by atoms with Gasteiger partial charge in [-0.1, -0.05) is 30.7 Å². The lowest BCUT2D eigenvalue weighted by Crippen LogP contribution is -2.26. The van der Waals surface area contributed by atoms with Gasteiger partial charge in [-0.25, -0.2) is 9.97 Å². The van der Waals surface area contributed by atoms with Crippen molar-refractivity contribution in [2.24, 2.45) is 0 Å². The molecule has 0 bridgehead atoms. The summed E-state index contributed by atoms with van der Waals surface area (Å²) in [6, 6.07) is 7.62. The molecule has 7 heteroatoms. The van der Waals surface area contributed by atoms with Crippen molar-refractivity contribution < 1.29 is 9.53 Å². The number of hydrogen-bond donors (Lipinski definition) is 2. The minimum absolute atomic E-state index is 0.130. The second-order valence-corrected chi connectivity index (χ2v) is 5.20. The van der Waals surface area contributed by atoms with Gasteiger partial charge in [-0.2, -0.15) is 0 Å². The lowest BCUT2D eigenvalue weighted by molar-refractivity contribution is 0.0954. The molecule has 0 unspecified atom stereocenters. The number of ether oxygens (including phenoxy) is 1. The topological polar surface area (TPSA) is 76.1 Å². The number of aromatic nitrogens is 2. The van der Waals surface area contributed by atoms with Crippen molar-refractivity contribution in [3.05, 3.63) is 46.9 Å². The molecule has 122 valence electrons. The van der Waals surface area contributed by atoms with Crippen LogP contribution in [0.1, 0.15) is 29.3 Å². The average molecular weight is 335 g/mol. The molecule has 0 radical (unpaired) electrons. The number of methoxy groups -OCH3 is 1. The van der Waals surface area contributed by atoms with Crippen LogP contribution in [0.4, 0.5) is 5.82 Å². The van der Waals surface area contributed by atoms with Crippen LogP contribution in [-0.2, 0) is 6.54 Å². The molecule has 1 amide bonds. The Morgan fingerprint density at radius 1 is 1.26 bits per heavy atom. The first-order valence-electron chi connectivity index (χ1n) is 7.31. The van der Waals surface area contributed by atoms with Gasteiger partial charge in [0, 0.05) is 13.1 Å². The summed E-state index contributed by atoms with van der Waals surface area (Å²) >= 11 is 6.06. The number of carbonyl (C=O) groups excluding carboxylic acids is 1. The highest BCUT2D eigenvalue weighted by Crippen LogP contribution is 2.20. The van der Waals surface area contributed by atoms with Gasteiger partial charge in [-0.3, -0.25) is 4.79 Å². The van der Waals surface area contributed by atoms with Gasteiger partial charge >= 0.3 is 0 Å². The fraction of sp³-hybridized carbons (Fsp3) is 0.312. The fourth-order valence-electron chi connectivity index (χ4n) is 1.96. The molecule has 2 aromatic rings. The summed E-state index contributed by atoms with van der Waals surface area (Å²) in [6.45, 7) is 3.06. The first kappa shape index (κ1) is 17.0. The number of benzene rings is 1. The maximum atomic E-state index is 12.2. The normalized spacial score (nSPS) is 10.2. The number of nitrogens with one attached hydrogen (secondary N) is 2. The highest BCUT2D eigenvalue weighted by atomic mass is 35.5. The van der Waals surface area contributed by atoms with Crippen molar-refractivity contribution in [2.45, 2.75) is 19.9 Å². The van der Waals surface area contributed by atoms with E-state index in [1.165, 1.54) is 6.33 Å². The zero-order valence-corrected chi connectivity index (χ0v) is 13.9. The van der Waals surface area contributed by atoms with Gasteiger partial charge in [0.05, 0.1) is 7.11 Å². The molecule has 1 aromatic carbocycles. The van der Waals surface area contributed by atoms with Crippen molar-refractivity contribution in [3.63, 3.8) is 0 Å². The highest BCUT2D eigenvalue weighted by molar-refractivity contribution is 6.33. The Labute approximate surface area is 140 Å². The summed E-state index contributed by atoms with van der Waals surface area (Å²) < 4.78 is 5.12. The summed E-state index contributed by atoms with van der Waals surface area (Å²) in [5.74, 6) is 0.919. The van der Waals surface area contributed by atoms with Gasteiger partial charge in [0.2, 0.25) is 0 Å². The maximum absolute atomic E-state index is 12.2. The van der Waals surface area contributed by atoms with E-state index in [4.69, 9.17) is 16.3 Å². The smallest absolute Gasteiger partial charge is 0.258 e. The third-order valence-electron chi connectivity index (χ3n) is 3.18. The second-order valence-electron chi connectivity index (χ2n) is 4.85. The predicted molar refractivity (Wildman–Crippen MR) is 90.0 cm³/mol. The Bertz CT molecular complexity index is 662. The lowest BCUT2D eigenvalue weighted by Gasteiger charge is -2.12. The van der Waals surface area contributed by atoms with E-state index in [-0.39, 0.29) is 16.6 Å². The molecule has 2 rings (SSSR count). The molecule has 2 N–H and O–H groups in total. The van der Waals surface area contributed by atoms with Crippen molar-refractivity contribution in [3.8, 4) is 5.75 Å². The van der Waals surface area contributed by atoms with Gasteiger partial charge in [-0.05, 0) is 24.1 Å². The SMILES string of the molecule is CCCNC(=O)c1c(Cl)ncnc1NCc1ccc(OC)cc1. The fourth-order valence-corrected chi connectivity index (χ4v) is 2.17. The van der Waals surface area contributed by atoms with Gasteiger partial charge in [0.25, 0.3) is 5.91 Å². The monoisotopic (exact) mass is 334 g/mol. The Kier molecular flexibility index (Phi) is 6.17. The molecule has 1 aromatic heterocycles. The maximum Gasteiger partial charge on any atom is 0.258 e. The number of carbonyl (C=O) groups is 1. The Balaban J connectivity index is 2.12. The largest absolute Gasteiger partial charge is 0.497 e. The van der Waals surface area contributed by atoms with Crippen molar-refractivity contribution in [1.82, 2.24) is 15.3 Å². The summed E-state index contributed by atoms with van der Waals surface area (Å²) in [7, 11) is 1.62. The van der Waals surface area contributed by atoms with Crippen LogP contribution in [0.5, 0.6) is 5.75 Å². The van der Waals surface area contributed by atoms with E-state index in [9.17, 15) is 4.79 Å². The minimum Gasteiger partial charge on any atom is -0.497 e. The lowest BCUT2D eigenvalue weighted by atomic mass is 10.2. The van der Waals surface area contributed by atoms with E-state index >= 15 is 0 Å². The zero-order valence-electron chi connectivity index (χ0n) is 13.1. The van der Waals surface area contributed by atoms with Crippen LogP contribution in [0.25, 0.3) is 0 Å². The van der Waals surface area contributed by atoms with Crippen LogP contribution in [0, 0.1) is 0 Å². The Morgan fingerprint density at radius 3 is 2.65 bits per heavy atom. The molecule has 0 atom stereocenters. The molecule has 0 aliphatic rings. The van der Waals surface area contributed by atoms with Crippen LogP contribution in [0.2, 0.25) is 5.15 Å². The number of rotatable bonds is 7. The number of nitrogens with zero attached hydrogens (tertiary/aromatic N) is 2. The molecule has 6 nitrogen and oxygen atoms in total. The first-order valence-corrected chi connectivity index (χ1v) is 7.69. The summed E-state index contributed by atoms with van der Waals surface area (Å²) in [5.41, 5.74) is 1.29. The molecule has 0 aliphatic heterocycles. The predicted octanol–water partition coefficient (Wildman–Crippen LogP) is 2.89. The zero-order chi connectivity index (χ0) is 16.7. The molecule has 23 heavy (non-hydrogen) atoms. The van der Waals surface area contributed by atoms with E-state index in [2.05, 4.69) is 20.6 Å².